The summed E-state index contributed by atoms with van der Waals surface area (Å²) in [6, 6.07) is 60.8. The van der Waals surface area contributed by atoms with Gasteiger partial charge < -0.3 is 9.47 Å². The van der Waals surface area contributed by atoms with Gasteiger partial charge in [0, 0.05) is 38.6 Å². The van der Waals surface area contributed by atoms with Gasteiger partial charge in [-0.1, -0.05) is 156 Å². The van der Waals surface area contributed by atoms with E-state index < -0.39 is 0 Å². The van der Waals surface area contributed by atoms with Gasteiger partial charge in [0.1, 0.15) is 0 Å². The number of aryl methyl sites for hydroxylation is 3. The predicted molar refractivity (Wildman–Crippen MR) is 253 cm³/mol. The Labute approximate surface area is 345 Å². The smallest absolute Gasteiger partial charge is 0.0543 e. The first-order valence-corrected chi connectivity index (χ1v) is 21.0. The summed E-state index contributed by atoms with van der Waals surface area (Å²) < 4.78 is 2.47. The number of hydrogen-bond acceptors (Lipinski definition) is 1. The summed E-state index contributed by atoms with van der Waals surface area (Å²) in [7, 11) is 0. The summed E-state index contributed by atoms with van der Waals surface area (Å²) in [5.74, 6) is 0. The number of fused-ring (bicyclic) bond motifs is 8. The van der Waals surface area contributed by atoms with Gasteiger partial charge in [0.15, 0.2) is 0 Å². The number of nitrogens with zero attached hydrogens (tertiary/aromatic N) is 2. The van der Waals surface area contributed by atoms with Crippen molar-refractivity contribution in [3.8, 4) is 27.9 Å². The van der Waals surface area contributed by atoms with E-state index in [0.29, 0.717) is 0 Å². The Kier molecular flexibility index (Phi) is 10.3. The van der Waals surface area contributed by atoms with Crippen LogP contribution in [0.25, 0.3) is 60.5 Å². The van der Waals surface area contributed by atoms with Crippen LogP contribution in [0.3, 0.4) is 0 Å². The minimum absolute atomic E-state index is 0.236. The second kappa shape index (κ2) is 15.5. The Balaban J connectivity index is 0.00000114. The fourth-order valence-electron chi connectivity index (χ4n) is 9.14. The van der Waals surface area contributed by atoms with E-state index >= 15 is 0 Å². The Morgan fingerprint density at radius 2 is 1.05 bits per heavy atom. The van der Waals surface area contributed by atoms with Crippen molar-refractivity contribution >= 4 is 49.6 Å². The number of rotatable bonds is 5. The van der Waals surface area contributed by atoms with E-state index in [2.05, 4.69) is 208 Å². The molecule has 0 saturated carbocycles. The molecule has 0 amide bonds. The minimum Gasteiger partial charge on any atom is -0.310 e. The summed E-state index contributed by atoms with van der Waals surface area (Å²) >= 11 is 0. The average Bonchev–Trinajstić information content (AvgIpc) is 3.70. The standard InChI is InChI=1S/C52H42N2.2C2H6/c1-33-20-25-47(35(3)28-33)53(38-16-10-7-11-17-38)50-32-46-51(41-19-13-12-18-40(41)50)42-24-23-39(31-45(42)52(46,4)5)54-48-26-21-34(2)29-43(48)44-30-37(22-27-49(44)54)36-14-8-6-9-15-36;2*1-2/h6-32H,1-5H3;2*1-2H3. The van der Waals surface area contributed by atoms with Crippen molar-refractivity contribution in [3.05, 3.63) is 192 Å². The van der Waals surface area contributed by atoms with Crippen LogP contribution in [0.5, 0.6) is 0 Å². The molecule has 0 fully saturated rings. The van der Waals surface area contributed by atoms with E-state index in [4.69, 9.17) is 0 Å². The zero-order valence-corrected chi connectivity index (χ0v) is 35.5. The highest BCUT2D eigenvalue weighted by Gasteiger charge is 2.38. The molecule has 1 heterocycles. The molecule has 288 valence electrons. The van der Waals surface area contributed by atoms with E-state index in [9.17, 15) is 0 Å². The van der Waals surface area contributed by atoms with Gasteiger partial charge in [0.25, 0.3) is 0 Å². The van der Waals surface area contributed by atoms with E-state index in [0.717, 1.165) is 5.69 Å². The molecule has 0 bridgehead atoms. The molecule has 2 heteroatoms. The van der Waals surface area contributed by atoms with Crippen molar-refractivity contribution in [1.29, 1.82) is 0 Å². The highest BCUT2D eigenvalue weighted by Crippen LogP contribution is 2.55. The second-order valence-electron chi connectivity index (χ2n) is 15.6. The molecule has 0 aliphatic heterocycles. The van der Waals surface area contributed by atoms with Gasteiger partial charge in [-0.25, -0.2) is 0 Å². The molecule has 9 aromatic rings. The molecular formula is C56H54N2. The van der Waals surface area contributed by atoms with E-state index in [-0.39, 0.29) is 5.41 Å². The lowest BCUT2D eigenvalue weighted by molar-refractivity contribution is 0.660. The quantitative estimate of drug-likeness (QED) is 0.170. The topological polar surface area (TPSA) is 8.17 Å². The second-order valence-corrected chi connectivity index (χ2v) is 15.6. The van der Waals surface area contributed by atoms with Crippen LogP contribution in [0, 0.1) is 20.8 Å². The summed E-state index contributed by atoms with van der Waals surface area (Å²) in [6.07, 6.45) is 0. The van der Waals surface area contributed by atoms with Crippen molar-refractivity contribution in [2.24, 2.45) is 0 Å². The van der Waals surface area contributed by atoms with Gasteiger partial charge in [-0.2, -0.15) is 0 Å². The number of aromatic nitrogens is 1. The molecular weight excluding hydrogens is 701 g/mol. The van der Waals surface area contributed by atoms with Crippen molar-refractivity contribution in [1.82, 2.24) is 4.57 Å². The molecule has 8 aromatic carbocycles. The van der Waals surface area contributed by atoms with E-state index in [1.165, 1.54) is 99.7 Å². The third kappa shape index (κ3) is 6.28. The molecule has 0 saturated heterocycles. The molecule has 0 spiro atoms. The van der Waals surface area contributed by atoms with Crippen LogP contribution in [-0.2, 0) is 5.41 Å². The third-order valence-corrected chi connectivity index (χ3v) is 11.8. The third-order valence-electron chi connectivity index (χ3n) is 11.8. The molecule has 58 heavy (non-hydrogen) atoms. The molecule has 2 nitrogen and oxygen atoms in total. The van der Waals surface area contributed by atoms with Crippen LogP contribution in [-0.4, -0.2) is 4.57 Å². The molecule has 0 radical (unpaired) electrons. The molecule has 1 aliphatic carbocycles. The van der Waals surface area contributed by atoms with Crippen LogP contribution >= 0.6 is 0 Å². The predicted octanol–water partition coefficient (Wildman–Crippen LogP) is 16.4. The SMILES string of the molecule is CC.CC.Cc1ccc(N(c2ccccc2)c2cc3c(c4ccccc24)-c2ccc(-n4c5ccc(C)cc5c5cc(-c6ccccc6)ccc54)cc2C3(C)C)c(C)c1. The maximum absolute atomic E-state index is 2.48. The fraction of sp³-hybridized carbons (Fsp3) is 0.179. The highest BCUT2D eigenvalue weighted by atomic mass is 15.1. The van der Waals surface area contributed by atoms with Crippen LogP contribution in [0.15, 0.2) is 164 Å². The number of hydrogen-bond donors (Lipinski definition) is 0. The van der Waals surface area contributed by atoms with Gasteiger partial charge in [-0.15, -0.1) is 0 Å². The zero-order valence-electron chi connectivity index (χ0n) is 35.5. The zero-order chi connectivity index (χ0) is 40.7. The normalized spacial score (nSPS) is 12.4. The summed E-state index contributed by atoms with van der Waals surface area (Å²) in [6.45, 7) is 19.4. The Hall–Kier alpha value is -6.38. The Bertz CT molecular complexity index is 2930. The van der Waals surface area contributed by atoms with E-state index in [1.807, 2.05) is 27.7 Å². The minimum atomic E-state index is -0.236. The van der Waals surface area contributed by atoms with Crippen molar-refractivity contribution in [2.45, 2.75) is 67.7 Å². The van der Waals surface area contributed by atoms with Gasteiger partial charge in [0.05, 0.1) is 16.7 Å². The van der Waals surface area contributed by atoms with Crippen molar-refractivity contribution < 1.29 is 0 Å². The molecule has 10 rings (SSSR count). The van der Waals surface area contributed by atoms with Gasteiger partial charge in [-0.3, -0.25) is 0 Å². The van der Waals surface area contributed by atoms with Crippen LogP contribution in [0.4, 0.5) is 17.1 Å². The first kappa shape index (κ1) is 38.5. The molecule has 0 unspecified atom stereocenters. The Morgan fingerprint density at radius 1 is 0.448 bits per heavy atom. The summed E-state index contributed by atoms with van der Waals surface area (Å²) in [5.41, 5.74) is 18.6. The highest BCUT2D eigenvalue weighted by molar-refractivity contribution is 6.12. The lowest BCUT2D eigenvalue weighted by Crippen LogP contribution is -2.17. The lowest BCUT2D eigenvalue weighted by Gasteiger charge is -2.31. The van der Waals surface area contributed by atoms with Crippen molar-refractivity contribution in [3.63, 3.8) is 0 Å². The van der Waals surface area contributed by atoms with Gasteiger partial charge in [0.2, 0.25) is 0 Å². The number of anilines is 3. The van der Waals surface area contributed by atoms with Gasteiger partial charge >= 0.3 is 0 Å². The molecule has 1 aliphatic rings. The largest absolute Gasteiger partial charge is 0.310 e. The van der Waals surface area contributed by atoms with Crippen LogP contribution in [0.1, 0.15) is 69.4 Å². The van der Waals surface area contributed by atoms with Crippen LogP contribution in [0.2, 0.25) is 0 Å². The van der Waals surface area contributed by atoms with Gasteiger partial charge in [-0.05, 0) is 126 Å². The first-order chi connectivity index (χ1) is 28.3. The molecule has 0 N–H and O–H groups in total. The number of para-hydroxylation sites is 1. The lowest BCUT2D eigenvalue weighted by atomic mass is 9.81. The maximum Gasteiger partial charge on any atom is 0.0543 e. The number of benzene rings is 8. The first-order valence-electron chi connectivity index (χ1n) is 21.0. The maximum atomic E-state index is 2.48. The monoisotopic (exact) mass is 754 g/mol. The fourth-order valence-corrected chi connectivity index (χ4v) is 9.14. The Morgan fingerprint density at radius 3 is 1.76 bits per heavy atom. The van der Waals surface area contributed by atoms with Crippen LogP contribution < -0.4 is 4.90 Å². The average molecular weight is 755 g/mol. The molecule has 1 aromatic heterocycles. The van der Waals surface area contributed by atoms with E-state index in [1.54, 1.807) is 0 Å². The summed E-state index contributed by atoms with van der Waals surface area (Å²) in [5, 5.41) is 5.10. The summed E-state index contributed by atoms with van der Waals surface area (Å²) in [4.78, 5) is 2.46. The van der Waals surface area contributed by atoms with Crippen molar-refractivity contribution in [2.75, 3.05) is 4.90 Å². The molecule has 0 atom stereocenters.